The Balaban J connectivity index is 0.00000364. The van der Waals surface area contributed by atoms with Crippen LogP contribution in [0.2, 0.25) is 0 Å². The summed E-state index contributed by atoms with van der Waals surface area (Å²) in [6.07, 6.45) is 0.566. The summed E-state index contributed by atoms with van der Waals surface area (Å²) < 4.78 is 12.1. The van der Waals surface area contributed by atoms with E-state index in [1.165, 1.54) is 0 Å². The Morgan fingerprint density at radius 2 is 1.48 bits per heavy atom. The summed E-state index contributed by atoms with van der Waals surface area (Å²) in [5.41, 5.74) is 0.294. The number of rotatable bonds is 9. The second kappa shape index (κ2) is 11.1. The molecule has 0 fully saturated rings. The molecule has 0 N–H and O–H groups in total. The zero-order valence-corrected chi connectivity index (χ0v) is 17.4. The summed E-state index contributed by atoms with van der Waals surface area (Å²) >= 11 is 0. The molecule has 27 heavy (non-hydrogen) atoms. The average Bonchev–Trinajstić information content (AvgIpc) is 2.63. The lowest BCUT2D eigenvalue weighted by Crippen LogP contribution is -2.44. The lowest BCUT2D eigenvalue weighted by atomic mass is 9.86. The summed E-state index contributed by atoms with van der Waals surface area (Å²) in [6.45, 7) is 5.04. The molecule has 4 nitrogen and oxygen atoms in total. The Morgan fingerprint density at radius 3 is 1.89 bits per heavy atom. The van der Waals surface area contributed by atoms with E-state index in [1.54, 1.807) is 0 Å². The van der Waals surface area contributed by atoms with E-state index in [4.69, 9.17) is 9.47 Å². The lowest BCUT2D eigenvalue weighted by Gasteiger charge is -2.34. The van der Waals surface area contributed by atoms with Gasteiger partial charge in [0.2, 0.25) is 5.60 Å². The van der Waals surface area contributed by atoms with E-state index in [9.17, 15) is 4.79 Å². The molecule has 0 aliphatic heterocycles. The largest absolute Gasteiger partial charge is 0.459 e. The van der Waals surface area contributed by atoms with E-state index in [0.717, 1.165) is 17.5 Å². The molecular weight excluding hydrogens is 362 g/mol. The summed E-state index contributed by atoms with van der Waals surface area (Å²) in [7, 11) is 3.92. The van der Waals surface area contributed by atoms with Crippen molar-refractivity contribution >= 4 is 18.4 Å². The average molecular weight is 392 g/mol. The minimum Gasteiger partial charge on any atom is -0.459 e. The van der Waals surface area contributed by atoms with Crippen molar-refractivity contribution in [1.82, 2.24) is 4.90 Å². The highest BCUT2D eigenvalue weighted by Gasteiger charge is 2.45. The monoisotopic (exact) mass is 391 g/mol. The van der Waals surface area contributed by atoms with Gasteiger partial charge in [-0.3, -0.25) is 0 Å². The standard InChI is InChI=1S/C22H29NO3.ClH/c1-5-16-25-22(19-12-8-6-9-13-19,20-14-10-7-11-15-20)21(24)26-18(2)17-23(3)4;/h6-15,18H,5,16-17H2,1-4H3;1H. The Hall–Kier alpha value is -1.88. The fourth-order valence-corrected chi connectivity index (χ4v) is 3.05. The first-order chi connectivity index (χ1) is 12.5. The van der Waals surface area contributed by atoms with Gasteiger partial charge in [-0.05, 0) is 38.6 Å². The third kappa shape index (κ3) is 5.80. The second-order valence-corrected chi connectivity index (χ2v) is 6.74. The van der Waals surface area contributed by atoms with Crippen LogP contribution in [0, 0.1) is 0 Å². The van der Waals surface area contributed by atoms with Gasteiger partial charge in [-0.15, -0.1) is 12.4 Å². The summed E-state index contributed by atoms with van der Waals surface area (Å²) in [4.78, 5) is 15.4. The quantitative estimate of drug-likeness (QED) is 0.598. The van der Waals surface area contributed by atoms with Crippen molar-refractivity contribution in [2.75, 3.05) is 27.2 Å². The van der Waals surface area contributed by atoms with E-state index >= 15 is 0 Å². The molecule has 0 aliphatic rings. The highest BCUT2D eigenvalue weighted by Crippen LogP contribution is 2.36. The number of carbonyl (C=O) groups is 1. The summed E-state index contributed by atoms with van der Waals surface area (Å²) in [5.74, 6) is -0.377. The first kappa shape index (κ1) is 23.2. The Kier molecular flexibility index (Phi) is 9.50. The van der Waals surface area contributed by atoms with Gasteiger partial charge in [0.15, 0.2) is 0 Å². The minimum absolute atomic E-state index is 0. The van der Waals surface area contributed by atoms with Gasteiger partial charge in [0.1, 0.15) is 6.10 Å². The molecule has 0 amide bonds. The molecule has 0 bridgehead atoms. The number of hydrogen-bond donors (Lipinski definition) is 0. The van der Waals surface area contributed by atoms with Crippen molar-refractivity contribution in [3.8, 4) is 0 Å². The smallest absolute Gasteiger partial charge is 0.348 e. The van der Waals surface area contributed by atoms with E-state index in [-0.39, 0.29) is 24.5 Å². The zero-order valence-electron chi connectivity index (χ0n) is 16.6. The van der Waals surface area contributed by atoms with Crippen LogP contribution in [0.1, 0.15) is 31.4 Å². The molecule has 2 rings (SSSR count). The predicted molar refractivity (Wildman–Crippen MR) is 111 cm³/mol. The maximum atomic E-state index is 13.4. The highest BCUT2D eigenvalue weighted by atomic mass is 35.5. The van der Waals surface area contributed by atoms with Crippen LogP contribution in [0.4, 0.5) is 0 Å². The lowest BCUT2D eigenvalue weighted by molar-refractivity contribution is -0.174. The first-order valence-electron chi connectivity index (χ1n) is 9.11. The SMILES string of the molecule is CCCOC(C(=O)OC(C)CN(C)C)(c1ccccc1)c1ccccc1.Cl. The second-order valence-electron chi connectivity index (χ2n) is 6.74. The van der Waals surface area contributed by atoms with E-state index in [1.807, 2.05) is 93.5 Å². The van der Waals surface area contributed by atoms with Crippen molar-refractivity contribution in [1.29, 1.82) is 0 Å². The third-order valence-corrected chi connectivity index (χ3v) is 4.10. The normalized spacial score (nSPS) is 12.3. The maximum Gasteiger partial charge on any atom is 0.348 e. The van der Waals surface area contributed by atoms with Gasteiger partial charge in [0, 0.05) is 13.2 Å². The third-order valence-electron chi connectivity index (χ3n) is 4.10. The molecule has 1 atom stereocenters. The number of nitrogens with zero attached hydrogens (tertiary/aromatic N) is 1. The fourth-order valence-electron chi connectivity index (χ4n) is 3.05. The predicted octanol–water partition coefficient (Wildman–Crippen LogP) is 4.27. The van der Waals surface area contributed by atoms with Gasteiger partial charge in [0.05, 0.1) is 0 Å². The van der Waals surface area contributed by atoms with Crippen LogP contribution in [0.15, 0.2) is 60.7 Å². The van der Waals surface area contributed by atoms with E-state index in [2.05, 4.69) is 0 Å². The molecule has 5 heteroatoms. The van der Waals surface area contributed by atoms with Crippen LogP contribution >= 0.6 is 12.4 Å². The van der Waals surface area contributed by atoms with Gasteiger partial charge in [-0.2, -0.15) is 0 Å². The zero-order chi connectivity index (χ0) is 19.0. The Labute approximate surface area is 168 Å². The fraction of sp³-hybridized carbons (Fsp3) is 0.409. The van der Waals surface area contributed by atoms with Crippen LogP contribution in [0.3, 0.4) is 0 Å². The van der Waals surface area contributed by atoms with Gasteiger partial charge < -0.3 is 14.4 Å². The number of ether oxygens (including phenoxy) is 2. The number of halogens is 1. The molecule has 2 aromatic rings. The minimum atomic E-state index is -1.26. The van der Waals surface area contributed by atoms with Crippen molar-refractivity contribution in [3.05, 3.63) is 71.8 Å². The molecule has 148 valence electrons. The summed E-state index contributed by atoms with van der Waals surface area (Å²) in [6, 6.07) is 19.2. The van der Waals surface area contributed by atoms with Crippen molar-refractivity contribution in [3.63, 3.8) is 0 Å². The Bertz CT molecular complexity index is 637. The molecule has 0 saturated heterocycles. The maximum absolute atomic E-state index is 13.4. The number of carbonyl (C=O) groups excluding carboxylic acids is 1. The van der Waals surface area contributed by atoms with Crippen molar-refractivity contribution in [2.45, 2.75) is 32.0 Å². The number of hydrogen-bond acceptors (Lipinski definition) is 4. The van der Waals surface area contributed by atoms with Crippen LogP contribution in [-0.4, -0.2) is 44.2 Å². The van der Waals surface area contributed by atoms with E-state index < -0.39 is 5.60 Å². The molecule has 2 aromatic carbocycles. The molecule has 0 spiro atoms. The molecule has 1 unspecified atom stereocenters. The van der Waals surface area contributed by atoms with E-state index in [0.29, 0.717) is 13.2 Å². The molecule has 0 saturated carbocycles. The first-order valence-corrected chi connectivity index (χ1v) is 9.11. The molecule has 0 aliphatic carbocycles. The molecule has 0 radical (unpaired) electrons. The van der Waals surface area contributed by atoms with Gasteiger partial charge in [-0.25, -0.2) is 4.79 Å². The highest BCUT2D eigenvalue weighted by molar-refractivity contribution is 5.86. The number of benzene rings is 2. The van der Waals surface area contributed by atoms with Crippen LogP contribution in [-0.2, 0) is 19.9 Å². The number of esters is 1. The molecule has 0 aromatic heterocycles. The van der Waals surface area contributed by atoms with Crippen LogP contribution in [0.25, 0.3) is 0 Å². The molecule has 0 heterocycles. The van der Waals surface area contributed by atoms with Gasteiger partial charge in [0.25, 0.3) is 0 Å². The summed E-state index contributed by atoms with van der Waals surface area (Å²) in [5, 5.41) is 0. The topological polar surface area (TPSA) is 38.8 Å². The van der Waals surface area contributed by atoms with Crippen molar-refractivity contribution in [2.24, 2.45) is 0 Å². The number of likely N-dealkylation sites (N-methyl/N-ethyl adjacent to an activating group) is 1. The molecular formula is C22H30ClNO3. The van der Waals surface area contributed by atoms with Crippen LogP contribution in [0.5, 0.6) is 0 Å². The van der Waals surface area contributed by atoms with Gasteiger partial charge in [-0.1, -0.05) is 67.6 Å². The van der Waals surface area contributed by atoms with Crippen LogP contribution < -0.4 is 0 Å². The van der Waals surface area contributed by atoms with Gasteiger partial charge >= 0.3 is 5.97 Å². The van der Waals surface area contributed by atoms with Crippen molar-refractivity contribution < 1.29 is 14.3 Å². The Morgan fingerprint density at radius 1 is 1.00 bits per heavy atom.